The average Bonchev–Trinajstić information content (AvgIpc) is 2.79. The molecule has 3 N–H and O–H groups in total. The number of aryl methyl sites for hydroxylation is 1. The van der Waals surface area contributed by atoms with Crippen molar-refractivity contribution in [2.75, 3.05) is 30.8 Å². The van der Waals surface area contributed by atoms with E-state index in [1.54, 1.807) is 0 Å². The van der Waals surface area contributed by atoms with E-state index in [0.717, 1.165) is 35.9 Å². The molecule has 1 aliphatic rings. The predicted octanol–water partition coefficient (Wildman–Crippen LogP) is 1.22. The highest BCUT2D eigenvalue weighted by atomic mass is 15.3. The topological polar surface area (TPSA) is 84.9 Å². The monoisotopic (exact) mass is 301 g/mol. The number of anilines is 2. The van der Waals surface area contributed by atoms with E-state index in [1.165, 1.54) is 0 Å². The highest BCUT2D eigenvalue weighted by Gasteiger charge is 2.27. The Morgan fingerprint density at radius 3 is 2.64 bits per heavy atom. The third-order valence-corrected chi connectivity index (χ3v) is 4.07. The maximum atomic E-state index is 5.91. The van der Waals surface area contributed by atoms with E-state index < -0.39 is 0 Å². The molecule has 3 heterocycles. The second-order valence-electron chi connectivity index (χ2n) is 6.06. The highest BCUT2D eigenvalue weighted by Crippen LogP contribution is 2.27. The van der Waals surface area contributed by atoms with Gasteiger partial charge in [-0.3, -0.25) is 4.68 Å². The van der Waals surface area contributed by atoms with Gasteiger partial charge in [0.1, 0.15) is 5.82 Å². The molecule has 1 aliphatic heterocycles. The zero-order valence-corrected chi connectivity index (χ0v) is 13.5. The van der Waals surface area contributed by atoms with E-state index in [-0.39, 0.29) is 0 Å². The van der Waals surface area contributed by atoms with E-state index in [1.807, 2.05) is 30.9 Å². The Hall–Kier alpha value is -2.15. The van der Waals surface area contributed by atoms with Crippen molar-refractivity contribution < 1.29 is 0 Å². The minimum atomic E-state index is 0.303. The van der Waals surface area contributed by atoms with Gasteiger partial charge in [-0.15, -0.1) is 0 Å². The average molecular weight is 301 g/mol. The van der Waals surface area contributed by atoms with Crippen LogP contribution in [0.25, 0.3) is 11.3 Å². The summed E-state index contributed by atoms with van der Waals surface area (Å²) in [5.74, 6) is 1.18. The Bertz CT molecular complexity index is 671. The lowest BCUT2D eigenvalue weighted by Gasteiger charge is -2.40. The van der Waals surface area contributed by atoms with Gasteiger partial charge in [0.05, 0.1) is 11.4 Å². The molecule has 0 saturated carbocycles. The number of nitrogen functional groups attached to an aromatic ring is 1. The summed E-state index contributed by atoms with van der Waals surface area (Å²) in [7, 11) is 1.98. The molecule has 0 aromatic carbocycles. The van der Waals surface area contributed by atoms with E-state index in [0.29, 0.717) is 18.0 Å². The van der Waals surface area contributed by atoms with Crippen LogP contribution >= 0.6 is 0 Å². The smallest absolute Gasteiger partial charge is 0.222 e. The fourth-order valence-corrected chi connectivity index (χ4v) is 2.60. The molecular formula is C15H23N7. The summed E-state index contributed by atoms with van der Waals surface area (Å²) in [6.45, 7) is 8.09. The van der Waals surface area contributed by atoms with Gasteiger partial charge in [0, 0.05) is 43.0 Å². The zero-order chi connectivity index (χ0) is 15.9. The number of nitrogens with one attached hydrogen (secondary N) is 1. The normalized spacial score (nSPS) is 15.4. The Kier molecular flexibility index (Phi) is 3.74. The first-order valence-electron chi connectivity index (χ1n) is 7.61. The predicted molar refractivity (Wildman–Crippen MR) is 87.8 cm³/mol. The minimum absolute atomic E-state index is 0.303. The number of nitrogens with zero attached hydrogens (tertiary/aromatic N) is 5. The van der Waals surface area contributed by atoms with Gasteiger partial charge < -0.3 is 16.0 Å². The molecule has 0 spiro atoms. The molecule has 22 heavy (non-hydrogen) atoms. The molecule has 0 bridgehead atoms. The number of likely N-dealkylation sites (N-methyl/N-ethyl adjacent to an activating group) is 1. The molecule has 0 unspecified atom stereocenters. The molecule has 7 nitrogen and oxygen atoms in total. The summed E-state index contributed by atoms with van der Waals surface area (Å²) in [5, 5.41) is 7.80. The van der Waals surface area contributed by atoms with Crippen molar-refractivity contribution in [1.29, 1.82) is 0 Å². The number of hydrogen-bond acceptors (Lipinski definition) is 6. The SMILES string of the molecule is CNC1CN(c2cc(-c3cn(C(C)C)nc3C)nc(N)n2)C1. The molecular weight excluding hydrogens is 278 g/mol. The fourth-order valence-electron chi connectivity index (χ4n) is 2.60. The fraction of sp³-hybridized carbons (Fsp3) is 0.533. The van der Waals surface area contributed by atoms with Gasteiger partial charge in [-0.2, -0.15) is 10.1 Å². The molecule has 118 valence electrons. The first-order chi connectivity index (χ1) is 10.5. The second-order valence-corrected chi connectivity index (χ2v) is 6.06. The van der Waals surface area contributed by atoms with Gasteiger partial charge in [-0.25, -0.2) is 4.98 Å². The molecule has 0 amide bonds. The van der Waals surface area contributed by atoms with Crippen molar-refractivity contribution in [1.82, 2.24) is 25.1 Å². The largest absolute Gasteiger partial charge is 0.368 e. The number of rotatable bonds is 4. The standard InChI is InChI=1S/C15H23N7/c1-9(2)22-8-12(10(3)20-22)13-5-14(19-15(16)18-13)21-6-11(7-21)17-4/h5,8-9,11,17H,6-7H2,1-4H3,(H2,16,18,19). The van der Waals surface area contributed by atoms with E-state index in [9.17, 15) is 0 Å². The molecule has 3 rings (SSSR count). The highest BCUT2D eigenvalue weighted by molar-refractivity contribution is 5.66. The van der Waals surface area contributed by atoms with Crippen LogP contribution in [-0.2, 0) is 0 Å². The summed E-state index contributed by atoms with van der Waals surface area (Å²) in [5.41, 5.74) is 8.70. The van der Waals surface area contributed by atoms with Crippen molar-refractivity contribution >= 4 is 11.8 Å². The Labute approximate surface area is 130 Å². The summed E-state index contributed by atoms with van der Waals surface area (Å²) in [6.07, 6.45) is 2.03. The molecule has 0 atom stereocenters. The molecule has 2 aromatic heterocycles. The lowest BCUT2D eigenvalue weighted by Crippen LogP contribution is -2.57. The zero-order valence-electron chi connectivity index (χ0n) is 13.5. The lowest BCUT2D eigenvalue weighted by molar-refractivity contribution is 0.447. The van der Waals surface area contributed by atoms with Gasteiger partial charge in [0.15, 0.2) is 0 Å². The van der Waals surface area contributed by atoms with Crippen LogP contribution in [-0.4, -0.2) is 45.9 Å². The summed E-state index contributed by atoms with van der Waals surface area (Å²) >= 11 is 0. The van der Waals surface area contributed by atoms with Crippen LogP contribution in [0.15, 0.2) is 12.3 Å². The Morgan fingerprint density at radius 2 is 2.05 bits per heavy atom. The summed E-state index contributed by atoms with van der Waals surface area (Å²) in [4.78, 5) is 10.9. The lowest BCUT2D eigenvalue weighted by atomic mass is 10.1. The van der Waals surface area contributed by atoms with Crippen LogP contribution in [0, 0.1) is 6.92 Å². The van der Waals surface area contributed by atoms with Crippen LogP contribution in [0.1, 0.15) is 25.6 Å². The van der Waals surface area contributed by atoms with Crippen LogP contribution < -0.4 is 16.0 Å². The maximum absolute atomic E-state index is 5.91. The molecule has 0 radical (unpaired) electrons. The minimum Gasteiger partial charge on any atom is -0.368 e. The number of hydrogen-bond donors (Lipinski definition) is 2. The second kappa shape index (κ2) is 5.57. The van der Waals surface area contributed by atoms with Crippen molar-refractivity contribution in [2.24, 2.45) is 0 Å². The molecule has 0 aliphatic carbocycles. The van der Waals surface area contributed by atoms with E-state index >= 15 is 0 Å². The summed E-state index contributed by atoms with van der Waals surface area (Å²) in [6, 6.07) is 2.83. The van der Waals surface area contributed by atoms with Gasteiger partial charge in [-0.1, -0.05) is 0 Å². The van der Waals surface area contributed by atoms with Crippen LogP contribution in [0.2, 0.25) is 0 Å². The first-order valence-corrected chi connectivity index (χ1v) is 7.61. The van der Waals surface area contributed by atoms with Crippen molar-refractivity contribution in [3.05, 3.63) is 18.0 Å². The Balaban J connectivity index is 1.93. The van der Waals surface area contributed by atoms with Crippen LogP contribution in [0.5, 0.6) is 0 Å². The quantitative estimate of drug-likeness (QED) is 0.883. The van der Waals surface area contributed by atoms with Crippen molar-refractivity contribution in [3.8, 4) is 11.3 Å². The number of aromatic nitrogens is 4. The third kappa shape index (κ3) is 2.64. The third-order valence-electron chi connectivity index (χ3n) is 4.07. The molecule has 1 fully saturated rings. The van der Waals surface area contributed by atoms with Crippen LogP contribution in [0.4, 0.5) is 11.8 Å². The van der Waals surface area contributed by atoms with Crippen LogP contribution in [0.3, 0.4) is 0 Å². The van der Waals surface area contributed by atoms with Gasteiger partial charge in [0.25, 0.3) is 0 Å². The van der Waals surface area contributed by atoms with Crippen molar-refractivity contribution in [2.45, 2.75) is 32.9 Å². The Morgan fingerprint density at radius 1 is 1.32 bits per heavy atom. The molecule has 2 aromatic rings. The first kappa shape index (κ1) is 14.8. The maximum Gasteiger partial charge on any atom is 0.222 e. The summed E-state index contributed by atoms with van der Waals surface area (Å²) < 4.78 is 1.95. The number of nitrogens with two attached hydrogens (primary N) is 1. The van der Waals surface area contributed by atoms with Gasteiger partial charge >= 0.3 is 0 Å². The van der Waals surface area contributed by atoms with E-state index in [4.69, 9.17) is 5.73 Å². The van der Waals surface area contributed by atoms with Crippen molar-refractivity contribution in [3.63, 3.8) is 0 Å². The van der Waals surface area contributed by atoms with Gasteiger partial charge in [-0.05, 0) is 27.8 Å². The van der Waals surface area contributed by atoms with E-state index in [2.05, 4.69) is 39.1 Å². The molecule has 7 heteroatoms. The van der Waals surface area contributed by atoms with Gasteiger partial charge in [0.2, 0.25) is 5.95 Å². The molecule has 1 saturated heterocycles.